The van der Waals surface area contributed by atoms with E-state index in [9.17, 15) is 18.0 Å². The third kappa shape index (κ3) is 6.22. The normalized spacial score (nSPS) is 13.2. The summed E-state index contributed by atoms with van der Waals surface area (Å²) in [6, 6.07) is 8.44. The number of carbonyl (C=O) groups is 1. The standard InChI is InChI=1S/C16H10Cl5F3N2O/c17-10-4-1-8(2-5-10)13(27)26-14(15(19,20)21)25-12-7-9(16(22,23)24)3-6-11(12)18/h1-7,14,25H,(H,26,27)/t14-/m1/s1. The topological polar surface area (TPSA) is 41.1 Å². The molecule has 0 spiro atoms. The summed E-state index contributed by atoms with van der Waals surface area (Å²) in [5.74, 6) is -0.640. The number of hydrogen-bond acceptors (Lipinski definition) is 2. The van der Waals surface area contributed by atoms with Gasteiger partial charge in [-0.2, -0.15) is 13.2 Å². The number of benzene rings is 2. The van der Waals surface area contributed by atoms with Crippen molar-refractivity contribution >= 4 is 69.6 Å². The fourth-order valence-electron chi connectivity index (χ4n) is 1.98. The van der Waals surface area contributed by atoms with E-state index in [2.05, 4.69) is 10.6 Å². The molecule has 0 radical (unpaired) electrons. The molecule has 0 aliphatic carbocycles. The number of nitrogens with one attached hydrogen (secondary N) is 2. The number of hydrogen-bond donors (Lipinski definition) is 2. The van der Waals surface area contributed by atoms with Crippen molar-refractivity contribution in [1.29, 1.82) is 0 Å². The Bertz CT molecular complexity index is 822. The Balaban J connectivity index is 2.28. The van der Waals surface area contributed by atoms with Gasteiger partial charge >= 0.3 is 6.18 Å². The van der Waals surface area contributed by atoms with Crippen LogP contribution in [0.2, 0.25) is 10.0 Å². The molecule has 3 nitrogen and oxygen atoms in total. The molecular formula is C16H10Cl5F3N2O. The summed E-state index contributed by atoms with van der Waals surface area (Å²) < 4.78 is 36.6. The number of amides is 1. The molecule has 0 unspecified atom stereocenters. The van der Waals surface area contributed by atoms with E-state index in [0.717, 1.165) is 18.2 Å². The lowest BCUT2D eigenvalue weighted by atomic mass is 10.2. The minimum absolute atomic E-state index is 0.0528. The van der Waals surface area contributed by atoms with Crippen LogP contribution in [0.15, 0.2) is 42.5 Å². The average molecular weight is 481 g/mol. The van der Waals surface area contributed by atoms with Gasteiger partial charge in [-0.25, -0.2) is 0 Å². The Morgan fingerprint density at radius 3 is 2.07 bits per heavy atom. The van der Waals surface area contributed by atoms with E-state index in [4.69, 9.17) is 58.0 Å². The summed E-state index contributed by atoms with van der Waals surface area (Å²) in [6.07, 6.45) is -5.98. The first-order chi connectivity index (χ1) is 12.4. The number of carbonyl (C=O) groups excluding carboxylic acids is 1. The first-order valence-electron chi connectivity index (χ1n) is 7.14. The Labute approximate surface area is 177 Å². The molecule has 0 fully saturated rings. The molecule has 2 aromatic rings. The summed E-state index contributed by atoms with van der Waals surface area (Å²) in [5.41, 5.74) is -0.920. The second-order valence-corrected chi connectivity index (χ2v) is 8.50. The van der Waals surface area contributed by atoms with Gasteiger partial charge in [0.1, 0.15) is 6.17 Å². The molecule has 0 aliphatic rings. The summed E-state index contributed by atoms with van der Waals surface area (Å²) in [4.78, 5) is 12.3. The van der Waals surface area contributed by atoms with E-state index in [0.29, 0.717) is 5.02 Å². The van der Waals surface area contributed by atoms with Crippen molar-refractivity contribution in [3.8, 4) is 0 Å². The summed E-state index contributed by atoms with van der Waals surface area (Å²) in [7, 11) is 0. The zero-order valence-electron chi connectivity index (χ0n) is 13.1. The molecule has 0 bridgehead atoms. The van der Waals surface area contributed by atoms with Crippen LogP contribution in [0.4, 0.5) is 18.9 Å². The van der Waals surface area contributed by atoms with Crippen molar-refractivity contribution in [2.45, 2.75) is 16.1 Å². The SMILES string of the molecule is O=C(N[C@@H](Nc1cc(C(F)(F)F)ccc1Cl)C(Cl)(Cl)Cl)c1ccc(Cl)cc1. The molecule has 0 heterocycles. The molecule has 146 valence electrons. The van der Waals surface area contributed by atoms with Crippen LogP contribution in [-0.2, 0) is 6.18 Å². The van der Waals surface area contributed by atoms with Gasteiger partial charge in [0.25, 0.3) is 5.91 Å². The van der Waals surface area contributed by atoms with Crippen LogP contribution < -0.4 is 10.6 Å². The summed E-state index contributed by atoms with van der Waals surface area (Å²) >= 11 is 29.2. The van der Waals surface area contributed by atoms with E-state index in [1.165, 1.54) is 24.3 Å². The van der Waals surface area contributed by atoms with E-state index in [1.54, 1.807) is 0 Å². The summed E-state index contributed by atoms with van der Waals surface area (Å²) in [5, 5.41) is 5.29. The van der Waals surface area contributed by atoms with Crippen LogP contribution in [0.25, 0.3) is 0 Å². The third-order valence-electron chi connectivity index (χ3n) is 3.30. The second-order valence-electron chi connectivity index (χ2n) is 5.29. The van der Waals surface area contributed by atoms with Crippen molar-refractivity contribution in [3.63, 3.8) is 0 Å². The highest BCUT2D eigenvalue weighted by Gasteiger charge is 2.36. The largest absolute Gasteiger partial charge is 0.416 e. The molecule has 11 heteroatoms. The van der Waals surface area contributed by atoms with Gasteiger partial charge < -0.3 is 10.6 Å². The number of rotatable bonds is 4. The van der Waals surface area contributed by atoms with Gasteiger partial charge in [-0.1, -0.05) is 58.0 Å². The highest BCUT2D eigenvalue weighted by atomic mass is 35.6. The molecule has 0 aliphatic heterocycles. The predicted octanol–water partition coefficient (Wildman–Crippen LogP) is 6.55. The van der Waals surface area contributed by atoms with Crippen LogP contribution in [0.3, 0.4) is 0 Å². The van der Waals surface area contributed by atoms with Gasteiger partial charge in [0.15, 0.2) is 0 Å². The van der Waals surface area contributed by atoms with E-state index < -0.39 is 27.6 Å². The zero-order chi connectivity index (χ0) is 20.4. The first-order valence-corrected chi connectivity index (χ1v) is 9.03. The van der Waals surface area contributed by atoms with Gasteiger partial charge in [-0.15, -0.1) is 0 Å². The van der Waals surface area contributed by atoms with Gasteiger partial charge in [0.2, 0.25) is 3.79 Å². The number of anilines is 1. The monoisotopic (exact) mass is 478 g/mol. The maximum Gasteiger partial charge on any atom is 0.416 e. The molecule has 2 aromatic carbocycles. The van der Waals surface area contributed by atoms with Crippen LogP contribution >= 0.6 is 58.0 Å². The molecule has 2 N–H and O–H groups in total. The first kappa shape index (κ1) is 22.2. The summed E-state index contributed by atoms with van der Waals surface area (Å²) in [6.45, 7) is 0. The highest BCUT2D eigenvalue weighted by Crippen LogP contribution is 2.36. The van der Waals surface area contributed by atoms with E-state index >= 15 is 0 Å². The molecule has 2 rings (SSSR count). The Morgan fingerprint density at radius 1 is 0.963 bits per heavy atom. The Kier molecular flexibility index (Phi) is 7.03. The molecule has 27 heavy (non-hydrogen) atoms. The quantitative estimate of drug-likeness (QED) is 0.385. The van der Waals surface area contributed by atoms with Crippen molar-refractivity contribution in [1.82, 2.24) is 5.32 Å². The second kappa shape index (κ2) is 8.53. The van der Waals surface area contributed by atoms with Crippen LogP contribution in [0, 0.1) is 0 Å². The lowest BCUT2D eigenvalue weighted by Crippen LogP contribution is -2.49. The predicted molar refractivity (Wildman–Crippen MR) is 103 cm³/mol. The van der Waals surface area contributed by atoms with E-state index in [1.807, 2.05) is 0 Å². The minimum atomic E-state index is -4.59. The van der Waals surface area contributed by atoms with Crippen LogP contribution in [0.1, 0.15) is 15.9 Å². The molecule has 1 atom stereocenters. The number of alkyl halides is 6. The lowest BCUT2D eigenvalue weighted by Gasteiger charge is -2.28. The Hall–Kier alpha value is -1.05. The number of halogens is 8. The molecule has 0 saturated carbocycles. The van der Waals surface area contributed by atoms with Crippen molar-refractivity contribution in [3.05, 3.63) is 63.6 Å². The maximum atomic E-state index is 12.9. The smallest absolute Gasteiger partial charge is 0.361 e. The molecule has 1 amide bonds. The average Bonchev–Trinajstić information content (AvgIpc) is 2.54. The molecular weight excluding hydrogens is 470 g/mol. The maximum absolute atomic E-state index is 12.9. The molecule has 0 saturated heterocycles. The van der Waals surface area contributed by atoms with E-state index in [-0.39, 0.29) is 16.3 Å². The minimum Gasteiger partial charge on any atom is -0.361 e. The van der Waals surface area contributed by atoms with Gasteiger partial charge in [0.05, 0.1) is 16.3 Å². The van der Waals surface area contributed by atoms with Crippen molar-refractivity contribution in [2.75, 3.05) is 5.32 Å². The Morgan fingerprint density at radius 2 is 1.56 bits per heavy atom. The fourth-order valence-corrected chi connectivity index (χ4v) is 2.61. The fraction of sp³-hybridized carbons (Fsp3) is 0.188. The van der Waals surface area contributed by atoms with Crippen molar-refractivity contribution in [2.24, 2.45) is 0 Å². The third-order valence-corrected chi connectivity index (χ3v) is 4.54. The molecule has 0 aromatic heterocycles. The van der Waals surface area contributed by atoms with Crippen LogP contribution in [0.5, 0.6) is 0 Å². The zero-order valence-corrected chi connectivity index (χ0v) is 16.8. The highest BCUT2D eigenvalue weighted by molar-refractivity contribution is 6.68. The van der Waals surface area contributed by atoms with Gasteiger partial charge in [0, 0.05) is 10.6 Å². The van der Waals surface area contributed by atoms with Crippen molar-refractivity contribution < 1.29 is 18.0 Å². The van der Waals surface area contributed by atoms with Gasteiger partial charge in [-0.3, -0.25) is 4.79 Å². The van der Waals surface area contributed by atoms with Gasteiger partial charge in [-0.05, 0) is 42.5 Å². The van der Waals surface area contributed by atoms with Crippen LogP contribution in [-0.4, -0.2) is 15.9 Å². The lowest BCUT2D eigenvalue weighted by molar-refractivity contribution is -0.137.